The minimum absolute atomic E-state index is 0.446. The van der Waals surface area contributed by atoms with Crippen LogP contribution in [0.1, 0.15) is 38.5 Å². The second kappa shape index (κ2) is 6.11. The molecular formula is C16H23NO2. The predicted molar refractivity (Wildman–Crippen MR) is 78.4 cm³/mol. The van der Waals surface area contributed by atoms with E-state index in [1.807, 2.05) is 12.1 Å². The Labute approximate surface area is 114 Å². The van der Waals surface area contributed by atoms with Gasteiger partial charge in [0.1, 0.15) is 17.1 Å². The van der Waals surface area contributed by atoms with Crippen LogP contribution in [0.5, 0.6) is 5.75 Å². The summed E-state index contributed by atoms with van der Waals surface area (Å²) in [6.45, 7) is 7.70. The third kappa shape index (κ3) is 3.10. The van der Waals surface area contributed by atoms with Gasteiger partial charge in [0.15, 0.2) is 0 Å². The number of nitrogens with two attached hydrogens (primary N) is 1. The van der Waals surface area contributed by atoms with Gasteiger partial charge >= 0.3 is 0 Å². The molecule has 1 aromatic carbocycles. The Balaban J connectivity index is 2.42. The van der Waals surface area contributed by atoms with Crippen molar-refractivity contribution < 1.29 is 9.15 Å². The van der Waals surface area contributed by atoms with Gasteiger partial charge in [0.05, 0.1) is 13.2 Å². The smallest absolute Gasteiger partial charge is 0.134 e. The number of rotatable bonds is 6. The first kappa shape index (κ1) is 13.9. The molecule has 0 saturated carbocycles. The van der Waals surface area contributed by atoms with Crippen molar-refractivity contribution in [2.45, 2.75) is 40.2 Å². The lowest BCUT2D eigenvalue weighted by Gasteiger charge is -2.06. The van der Waals surface area contributed by atoms with E-state index in [1.165, 1.54) is 5.56 Å². The molecule has 0 unspecified atom stereocenters. The van der Waals surface area contributed by atoms with Gasteiger partial charge in [-0.3, -0.25) is 0 Å². The van der Waals surface area contributed by atoms with Gasteiger partial charge in [0, 0.05) is 10.9 Å². The van der Waals surface area contributed by atoms with Gasteiger partial charge in [0.25, 0.3) is 0 Å². The monoisotopic (exact) mass is 261 g/mol. The van der Waals surface area contributed by atoms with Crippen molar-refractivity contribution in [1.82, 2.24) is 0 Å². The SMILES string of the molecule is CCCOc1ccc2oc(CN)c(CC(C)C)c2c1. The molecule has 0 atom stereocenters. The van der Waals surface area contributed by atoms with E-state index in [1.54, 1.807) is 0 Å². The summed E-state index contributed by atoms with van der Waals surface area (Å²) in [5.74, 6) is 2.38. The minimum Gasteiger partial charge on any atom is -0.494 e. The highest BCUT2D eigenvalue weighted by Crippen LogP contribution is 2.31. The molecule has 1 aromatic heterocycles. The number of hydrogen-bond donors (Lipinski definition) is 1. The topological polar surface area (TPSA) is 48.4 Å². The van der Waals surface area contributed by atoms with Crippen LogP contribution in [0.2, 0.25) is 0 Å². The number of hydrogen-bond acceptors (Lipinski definition) is 3. The molecule has 19 heavy (non-hydrogen) atoms. The average molecular weight is 261 g/mol. The van der Waals surface area contributed by atoms with Crippen molar-refractivity contribution in [1.29, 1.82) is 0 Å². The molecule has 0 radical (unpaired) electrons. The maximum absolute atomic E-state index is 5.83. The maximum Gasteiger partial charge on any atom is 0.134 e. The molecule has 1 heterocycles. The zero-order valence-corrected chi connectivity index (χ0v) is 12.0. The number of ether oxygens (including phenoxy) is 1. The third-order valence-corrected chi connectivity index (χ3v) is 3.12. The molecular weight excluding hydrogens is 238 g/mol. The third-order valence-electron chi connectivity index (χ3n) is 3.12. The van der Waals surface area contributed by atoms with Gasteiger partial charge in [-0.05, 0) is 37.0 Å². The highest BCUT2D eigenvalue weighted by molar-refractivity contribution is 5.83. The van der Waals surface area contributed by atoms with Gasteiger partial charge < -0.3 is 14.9 Å². The molecule has 0 amide bonds. The largest absolute Gasteiger partial charge is 0.494 e. The van der Waals surface area contributed by atoms with E-state index in [-0.39, 0.29) is 0 Å². The first-order valence-electron chi connectivity index (χ1n) is 7.02. The van der Waals surface area contributed by atoms with E-state index in [2.05, 4.69) is 26.8 Å². The van der Waals surface area contributed by atoms with Crippen LogP contribution in [0.25, 0.3) is 11.0 Å². The Morgan fingerprint density at radius 1 is 1.32 bits per heavy atom. The molecule has 104 valence electrons. The first-order valence-corrected chi connectivity index (χ1v) is 7.02. The minimum atomic E-state index is 0.446. The zero-order valence-electron chi connectivity index (χ0n) is 12.0. The van der Waals surface area contributed by atoms with E-state index < -0.39 is 0 Å². The van der Waals surface area contributed by atoms with Crippen LogP contribution in [-0.4, -0.2) is 6.61 Å². The summed E-state index contributed by atoms with van der Waals surface area (Å²) in [4.78, 5) is 0. The zero-order chi connectivity index (χ0) is 13.8. The first-order chi connectivity index (χ1) is 9.15. The lowest BCUT2D eigenvalue weighted by Crippen LogP contribution is -2.01. The highest BCUT2D eigenvalue weighted by Gasteiger charge is 2.15. The van der Waals surface area contributed by atoms with Crippen LogP contribution in [-0.2, 0) is 13.0 Å². The summed E-state index contributed by atoms with van der Waals surface area (Å²) in [5, 5.41) is 1.14. The van der Waals surface area contributed by atoms with Crippen molar-refractivity contribution in [3.8, 4) is 5.75 Å². The van der Waals surface area contributed by atoms with Crippen molar-refractivity contribution in [2.24, 2.45) is 11.7 Å². The fourth-order valence-corrected chi connectivity index (χ4v) is 2.29. The molecule has 0 spiro atoms. The Kier molecular flexibility index (Phi) is 4.48. The van der Waals surface area contributed by atoms with E-state index in [9.17, 15) is 0 Å². The fourth-order valence-electron chi connectivity index (χ4n) is 2.29. The summed E-state index contributed by atoms with van der Waals surface area (Å²) < 4.78 is 11.5. The van der Waals surface area contributed by atoms with Gasteiger partial charge in [-0.15, -0.1) is 0 Å². The number of furan rings is 1. The fraction of sp³-hybridized carbons (Fsp3) is 0.500. The summed E-state index contributed by atoms with van der Waals surface area (Å²) in [7, 11) is 0. The van der Waals surface area contributed by atoms with E-state index in [0.717, 1.165) is 41.9 Å². The molecule has 3 heteroatoms. The molecule has 2 N–H and O–H groups in total. The molecule has 0 aliphatic rings. The number of fused-ring (bicyclic) bond motifs is 1. The Morgan fingerprint density at radius 3 is 2.74 bits per heavy atom. The van der Waals surface area contributed by atoms with E-state index in [4.69, 9.17) is 14.9 Å². The van der Waals surface area contributed by atoms with Crippen LogP contribution >= 0.6 is 0 Å². The average Bonchev–Trinajstić information content (AvgIpc) is 2.73. The van der Waals surface area contributed by atoms with E-state index in [0.29, 0.717) is 12.5 Å². The second-order valence-corrected chi connectivity index (χ2v) is 5.31. The Bertz CT molecular complexity index is 543. The normalized spacial score (nSPS) is 11.4. The maximum atomic E-state index is 5.83. The standard InChI is InChI=1S/C16H23NO2/c1-4-7-18-12-5-6-15-14(9-12)13(8-11(2)3)16(10-17)19-15/h5-6,9,11H,4,7-8,10,17H2,1-3H3. The Morgan fingerprint density at radius 2 is 2.11 bits per heavy atom. The molecule has 0 aliphatic heterocycles. The lowest BCUT2D eigenvalue weighted by atomic mass is 9.99. The molecule has 3 nitrogen and oxygen atoms in total. The van der Waals surface area contributed by atoms with E-state index >= 15 is 0 Å². The van der Waals surface area contributed by atoms with Crippen LogP contribution < -0.4 is 10.5 Å². The molecule has 2 aromatic rings. The van der Waals surface area contributed by atoms with Gasteiger partial charge in [-0.2, -0.15) is 0 Å². The molecule has 0 bridgehead atoms. The van der Waals surface area contributed by atoms with Crippen LogP contribution in [0.4, 0.5) is 0 Å². The summed E-state index contributed by atoms with van der Waals surface area (Å²) in [6.07, 6.45) is 1.99. The van der Waals surface area contributed by atoms with Crippen molar-refractivity contribution in [3.63, 3.8) is 0 Å². The molecule has 2 rings (SSSR count). The summed E-state index contributed by atoms with van der Waals surface area (Å²) in [6, 6.07) is 6.01. The lowest BCUT2D eigenvalue weighted by molar-refractivity contribution is 0.318. The van der Waals surface area contributed by atoms with Gasteiger partial charge in [-0.25, -0.2) is 0 Å². The van der Waals surface area contributed by atoms with Gasteiger partial charge in [0.2, 0.25) is 0 Å². The molecule has 0 aliphatic carbocycles. The Hall–Kier alpha value is -1.48. The predicted octanol–water partition coefficient (Wildman–Crippen LogP) is 3.88. The highest BCUT2D eigenvalue weighted by atomic mass is 16.5. The number of benzene rings is 1. The summed E-state index contributed by atoms with van der Waals surface area (Å²) in [5.41, 5.74) is 7.92. The van der Waals surface area contributed by atoms with Crippen LogP contribution in [0.15, 0.2) is 22.6 Å². The van der Waals surface area contributed by atoms with Crippen molar-refractivity contribution >= 4 is 11.0 Å². The molecule has 0 saturated heterocycles. The quantitative estimate of drug-likeness (QED) is 0.858. The van der Waals surface area contributed by atoms with Gasteiger partial charge in [-0.1, -0.05) is 20.8 Å². The molecule has 0 fully saturated rings. The van der Waals surface area contributed by atoms with Crippen molar-refractivity contribution in [2.75, 3.05) is 6.61 Å². The van der Waals surface area contributed by atoms with Crippen molar-refractivity contribution in [3.05, 3.63) is 29.5 Å². The van der Waals surface area contributed by atoms with Crippen LogP contribution in [0, 0.1) is 5.92 Å². The second-order valence-electron chi connectivity index (χ2n) is 5.31. The summed E-state index contributed by atoms with van der Waals surface area (Å²) >= 11 is 0. The van der Waals surface area contributed by atoms with Crippen LogP contribution in [0.3, 0.4) is 0 Å².